The number of nitrogens with zero attached hydrogens (tertiary/aromatic N) is 1. The van der Waals surface area contributed by atoms with Crippen molar-refractivity contribution in [1.29, 1.82) is 0 Å². The van der Waals surface area contributed by atoms with Gasteiger partial charge < -0.3 is 0 Å². The molecule has 0 saturated heterocycles. The molecule has 0 spiro atoms. The van der Waals surface area contributed by atoms with Crippen LogP contribution in [0, 0.1) is 10.1 Å². The Morgan fingerprint density at radius 3 is 2.50 bits per heavy atom. The molecule has 0 N–H and O–H groups in total. The van der Waals surface area contributed by atoms with Crippen LogP contribution in [-0.4, -0.2) is 17.4 Å². The van der Waals surface area contributed by atoms with Crippen molar-refractivity contribution < 1.29 is 18.1 Å². The first-order chi connectivity index (χ1) is 7.33. The van der Waals surface area contributed by atoms with Crippen LogP contribution in [0.1, 0.15) is 5.56 Å². The standard InChI is InChI=1S/C9H8F3NO2S/c1-16-7-3-2-6(5-9(10,11)12)8(4-7)13(14)15/h2-4H,5H2,1H3. The van der Waals surface area contributed by atoms with Gasteiger partial charge in [0.2, 0.25) is 0 Å². The summed E-state index contributed by atoms with van der Waals surface area (Å²) in [5.74, 6) is 0. The zero-order valence-corrected chi connectivity index (χ0v) is 9.06. The van der Waals surface area contributed by atoms with Crippen LogP contribution in [-0.2, 0) is 6.42 Å². The molecule has 0 bridgehead atoms. The van der Waals surface area contributed by atoms with Gasteiger partial charge in [-0.2, -0.15) is 13.2 Å². The number of nitro benzene ring substituents is 1. The van der Waals surface area contributed by atoms with E-state index in [9.17, 15) is 23.3 Å². The maximum atomic E-state index is 12.1. The van der Waals surface area contributed by atoms with Gasteiger partial charge in [-0.15, -0.1) is 11.8 Å². The molecule has 0 fully saturated rings. The van der Waals surface area contributed by atoms with Gasteiger partial charge in [0.15, 0.2) is 0 Å². The molecule has 16 heavy (non-hydrogen) atoms. The molecule has 0 amide bonds. The minimum absolute atomic E-state index is 0.310. The molecular weight excluding hydrogens is 243 g/mol. The highest BCUT2D eigenvalue weighted by molar-refractivity contribution is 7.98. The summed E-state index contributed by atoms with van der Waals surface area (Å²) in [7, 11) is 0. The summed E-state index contributed by atoms with van der Waals surface area (Å²) in [6, 6.07) is 3.75. The van der Waals surface area contributed by atoms with Crippen molar-refractivity contribution in [3.63, 3.8) is 0 Å². The number of hydrogen-bond donors (Lipinski definition) is 0. The van der Waals surface area contributed by atoms with Crippen molar-refractivity contribution in [2.45, 2.75) is 17.5 Å². The van der Waals surface area contributed by atoms with Crippen molar-refractivity contribution >= 4 is 17.4 Å². The fourth-order valence-electron chi connectivity index (χ4n) is 1.21. The molecule has 0 heterocycles. The number of rotatable bonds is 3. The Bertz CT molecular complexity index is 406. The third-order valence-electron chi connectivity index (χ3n) is 1.88. The highest BCUT2D eigenvalue weighted by Gasteiger charge is 2.31. The van der Waals surface area contributed by atoms with Gasteiger partial charge in [0.25, 0.3) is 5.69 Å². The largest absolute Gasteiger partial charge is 0.393 e. The number of halogens is 3. The van der Waals surface area contributed by atoms with E-state index in [1.54, 1.807) is 6.26 Å². The zero-order valence-electron chi connectivity index (χ0n) is 8.25. The molecule has 3 nitrogen and oxygen atoms in total. The Balaban J connectivity index is 3.13. The topological polar surface area (TPSA) is 43.1 Å². The molecule has 0 unspecified atom stereocenters. The van der Waals surface area contributed by atoms with Gasteiger partial charge in [-0.1, -0.05) is 6.07 Å². The van der Waals surface area contributed by atoms with Crippen molar-refractivity contribution in [3.8, 4) is 0 Å². The lowest BCUT2D eigenvalue weighted by Crippen LogP contribution is -2.12. The van der Waals surface area contributed by atoms with Crippen LogP contribution in [0.25, 0.3) is 0 Å². The van der Waals surface area contributed by atoms with E-state index >= 15 is 0 Å². The van der Waals surface area contributed by atoms with Crippen molar-refractivity contribution in [2.24, 2.45) is 0 Å². The van der Waals surface area contributed by atoms with E-state index in [1.807, 2.05) is 0 Å². The first-order valence-corrected chi connectivity index (χ1v) is 5.44. The molecule has 0 aliphatic rings. The maximum Gasteiger partial charge on any atom is 0.393 e. The van der Waals surface area contributed by atoms with Gasteiger partial charge in [-0.3, -0.25) is 10.1 Å². The molecule has 0 aliphatic heterocycles. The van der Waals surface area contributed by atoms with Crippen LogP contribution in [0.15, 0.2) is 23.1 Å². The fourth-order valence-corrected chi connectivity index (χ4v) is 1.64. The number of hydrogen-bond acceptors (Lipinski definition) is 3. The van der Waals surface area contributed by atoms with E-state index in [0.717, 1.165) is 12.1 Å². The van der Waals surface area contributed by atoms with E-state index in [4.69, 9.17) is 0 Å². The minimum atomic E-state index is -4.44. The summed E-state index contributed by atoms with van der Waals surface area (Å²) in [5.41, 5.74) is -0.792. The van der Waals surface area contributed by atoms with E-state index in [1.165, 1.54) is 17.8 Å². The molecule has 0 aromatic heterocycles. The van der Waals surface area contributed by atoms with Gasteiger partial charge in [0.05, 0.1) is 11.3 Å². The van der Waals surface area contributed by atoms with Crippen LogP contribution >= 0.6 is 11.8 Å². The summed E-state index contributed by atoms with van der Waals surface area (Å²) in [4.78, 5) is 10.4. The summed E-state index contributed by atoms with van der Waals surface area (Å²) in [6.07, 6.45) is -4.02. The van der Waals surface area contributed by atoms with Crippen LogP contribution in [0.3, 0.4) is 0 Å². The zero-order chi connectivity index (χ0) is 12.3. The fraction of sp³-hybridized carbons (Fsp3) is 0.333. The predicted molar refractivity (Wildman–Crippen MR) is 54.6 cm³/mol. The average molecular weight is 251 g/mol. The molecule has 1 aromatic carbocycles. The van der Waals surface area contributed by atoms with E-state index in [-0.39, 0.29) is 5.56 Å². The lowest BCUT2D eigenvalue weighted by Gasteiger charge is -2.07. The SMILES string of the molecule is CSc1ccc(CC(F)(F)F)c([N+](=O)[O-])c1. The molecule has 0 aliphatic carbocycles. The normalized spacial score (nSPS) is 11.5. The molecule has 0 radical (unpaired) electrons. The lowest BCUT2D eigenvalue weighted by molar-refractivity contribution is -0.386. The highest BCUT2D eigenvalue weighted by Crippen LogP contribution is 2.30. The molecule has 1 aromatic rings. The summed E-state index contributed by atoms with van der Waals surface area (Å²) >= 11 is 1.24. The van der Waals surface area contributed by atoms with Crippen LogP contribution in [0.2, 0.25) is 0 Å². The molecule has 1 rings (SSSR count). The monoisotopic (exact) mass is 251 g/mol. The third-order valence-corrected chi connectivity index (χ3v) is 2.61. The van der Waals surface area contributed by atoms with Gasteiger partial charge in [-0.05, 0) is 12.3 Å². The Kier molecular flexibility index (Phi) is 3.79. The number of nitro groups is 1. The molecule has 0 saturated carbocycles. The summed E-state index contributed by atoms with van der Waals surface area (Å²) < 4.78 is 36.4. The molecule has 88 valence electrons. The van der Waals surface area contributed by atoms with Gasteiger partial charge >= 0.3 is 6.18 Å². The Hall–Kier alpha value is -1.24. The second-order valence-corrected chi connectivity index (χ2v) is 3.92. The smallest absolute Gasteiger partial charge is 0.258 e. The van der Waals surface area contributed by atoms with E-state index in [2.05, 4.69) is 0 Å². The molecule has 0 atom stereocenters. The summed E-state index contributed by atoms with van der Waals surface area (Å²) in [6.45, 7) is 0. The molecule has 7 heteroatoms. The summed E-state index contributed by atoms with van der Waals surface area (Å²) in [5, 5.41) is 10.6. The average Bonchev–Trinajstić information content (AvgIpc) is 2.15. The van der Waals surface area contributed by atoms with E-state index in [0.29, 0.717) is 4.90 Å². The maximum absolute atomic E-state index is 12.1. The highest BCUT2D eigenvalue weighted by atomic mass is 32.2. The first-order valence-electron chi connectivity index (χ1n) is 4.21. The Morgan fingerprint density at radius 2 is 2.06 bits per heavy atom. The third kappa shape index (κ3) is 3.41. The van der Waals surface area contributed by atoms with Gasteiger partial charge in [0.1, 0.15) is 0 Å². The van der Waals surface area contributed by atoms with Crippen molar-refractivity contribution in [1.82, 2.24) is 0 Å². The second kappa shape index (κ2) is 4.73. The quantitative estimate of drug-likeness (QED) is 0.469. The van der Waals surface area contributed by atoms with E-state index < -0.39 is 23.2 Å². The number of benzene rings is 1. The lowest BCUT2D eigenvalue weighted by atomic mass is 10.1. The van der Waals surface area contributed by atoms with Gasteiger partial charge in [-0.25, -0.2) is 0 Å². The predicted octanol–water partition coefficient (Wildman–Crippen LogP) is 3.42. The van der Waals surface area contributed by atoms with Crippen LogP contribution < -0.4 is 0 Å². The van der Waals surface area contributed by atoms with Crippen LogP contribution in [0.4, 0.5) is 18.9 Å². The van der Waals surface area contributed by atoms with Crippen molar-refractivity contribution in [2.75, 3.05) is 6.26 Å². The minimum Gasteiger partial charge on any atom is -0.258 e. The second-order valence-electron chi connectivity index (χ2n) is 3.04. The molecular formula is C9H8F3NO2S. The number of thioether (sulfide) groups is 1. The number of alkyl halides is 3. The van der Waals surface area contributed by atoms with Crippen molar-refractivity contribution in [3.05, 3.63) is 33.9 Å². The first kappa shape index (κ1) is 12.8. The Morgan fingerprint density at radius 1 is 1.44 bits per heavy atom. The Labute approximate surface area is 93.8 Å². The van der Waals surface area contributed by atoms with Gasteiger partial charge in [0, 0.05) is 16.5 Å². The van der Waals surface area contributed by atoms with Crippen LogP contribution in [0.5, 0.6) is 0 Å².